The molecule has 0 saturated heterocycles. The zero-order valence-corrected chi connectivity index (χ0v) is 8.39. The number of aromatic carboxylic acids is 1. The maximum absolute atomic E-state index is 10.8. The molecule has 4 heteroatoms. The first-order valence-corrected chi connectivity index (χ1v) is 4.92. The third-order valence-corrected chi connectivity index (χ3v) is 3.02. The lowest BCUT2D eigenvalue weighted by Crippen LogP contribution is -1.95. The van der Waals surface area contributed by atoms with Gasteiger partial charge in [0.25, 0.3) is 0 Å². The number of benzene rings is 1. The molecule has 0 aliphatic rings. The van der Waals surface area contributed by atoms with Gasteiger partial charge in [-0.2, -0.15) is 0 Å². The van der Waals surface area contributed by atoms with Crippen molar-refractivity contribution < 1.29 is 9.90 Å². The summed E-state index contributed by atoms with van der Waals surface area (Å²) in [6.45, 7) is 1.89. The minimum absolute atomic E-state index is 0.317. The maximum Gasteiger partial charge on any atom is 0.335 e. The van der Waals surface area contributed by atoms with Crippen LogP contribution in [0.25, 0.3) is 10.1 Å². The quantitative estimate of drug-likeness (QED) is 0.755. The van der Waals surface area contributed by atoms with Crippen LogP contribution >= 0.6 is 11.3 Å². The van der Waals surface area contributed by atoms with E-state index in [0.29, 0.717) is 10.6 Å². The molecule has 0 aliphatic heterocycles. The number of hydrogen-bond donors (Lipinski definition) is 2. The normalized spacial score (nSPS) is 10.6. The van der Waals surface area contributed by atoms with E-state index in [4.69, 9.17) is 10.8 Å². The number of carbonyl (C=O) groups is 1. The average molecular weight is 207 g/mol. The second-order valence-corrected chi connectivity index (χ2v) is 4.27. The molecule has 0 spiro atoms. The van der Waals surface area contributed by atoms with Crippen LogP contribution in [0.3, 0.4) is 0 Å². The van der Waals surface area contributed by atoms with E-state index in [-0.39, 0.29) is 0 Å². The monoisotopic (exact) mass is 207 g/mol. The van der Waals surface area contributed by atoms with Crippen molar-refractivity contribution in [3.05, 3.63) is 29.3 Å². The van der Waals surface area contributed by atoms with Gasteiger partial charge in [0.1, 0.15) is 0 Å². The first-order chi connectivity index (χ1) is 6.58. The summed E-state index contributed by atoms with van der Waals surface area (Å²) in [5, 5.41) is 10.6. The summed E-state index contributed by atoms with van der Waals surface area (Å²) in [6.07, 6.45) is 0. The van der Waals surface area contributed by atoms with Gasteiger partial charge in [-0.3, -0.25) is 0 Å². The predicted octanol–water partition coefficient (Wildman–Crippen LogP) is 2.49. The van der Waals surface area contributed by atoms with Gasteiger partial charge in [0, 0.05) is 4.70 Å². The van der Waals surface area contributed by atoms with E-state index >= 15 is 0 Å². The minimum atomic E-state index is -0.901. The summed E-state index contributed by atoms with van der Waals surface area (Å²) in [7, 11) is 0. The van der Waals surface area contributed by atoms with Gasteiger partial charge in [0.2, 0.25) is 0 Å². The number of nitrogens with two attached hydrogens (primary N) is 1. The van der Waals surface area contributed by atoms with E-state index in [1.165, 1.54) is 11.3 Å². The first-order valence-electron chi connectivity index (χ1n) is 4.11. The lowest BCUT2D eigenvalue weighted by atomic mass is 10.1. The molecule has 0 unspecified atom stereocenters. The Balaban J connectivity index is 2.77. The Bertz CT molecular complexity index is 516. The van der Waals surface area contributed by atoms with E-state index in [1.54, 1.807) is 12.1 Å². The lowest BCUT2D eigenvalue weighted by molar-refractivity contribution is 0.0697. The van der Waals surface area contributed by atoms with Crippen molar-refractivity contribution in [3.8, 4) is 0 Å². The van der Waals surface area contributed by atoms with Crippen LogP contribution in [0.5, 0.6) is 0 Å². The lowest BCUT2D eigenvalue weighted by Gasteiger charge is -1.98. The van der Waals surface area contributed by atoms with E-state index in [1.807, 2.05) is 13.0 Å². The number of fused-ring (bicyclic) bond motifs is 1. The van der Waals surface area contributed by atoms with Gasteiger partial charge in [0.15, 0.2) is 0 Å². The highest BCUT2D eigenvalue weighted by Gasteiger charge is 2.08. The molecule has 1 aromatic carbocycles. The zero-order valence-electron chi connectivity index (χ0n) is 7.57. The molecule has 3 nitrogen and oxygen atoms in total. The van der Waals surface area contributed by atoms with Crippen molar-refractivity contribution in [2.24, 2.45) is 0 Å². The summed E-state index contributed by atoms with van der Waals surface area (Å²) in [6, 6.07) is 5.20. The highest BCUT2D eigenvalue weighted by molar-refractivity contribution is 7.22. The molecule has 0 saturated carbocycles. The highest BCUT2D eigenvalue weighted by Crippen LogP contribution is 2.30. The second kappa shape index (κ2) is 2.99. The molecular formula is C10H9NO2S. The smallest absolute Gasteiger partial charge is 0.335 e. The van der Waals surface area contributed by atoms with Crippen molar-refractivity contribution in [2.75, 3.05) is 5.73 Å². The summed E-state index contributed by atoms with van der Waals surface area (Å²) < 4.78 is 0.930. The van der Waals surface area contributed by atoms with Gasteiger partial charge in [-0.05, 0) is 36.1 Å². The molecule has 2 aromatic rings. The fourth-order valence-corrected chi connectivity index (χ4v) is 2.40. The molecule has 1 heterocycles. The van der Waals surface area contributed by atoms with Gasteiger partial charge in [0.05, 0.1) is 10.6 Å². The van der Waals surface area contributed by atoms with Crippen LogP contribution in [0.4, 0.5) is 5.00 Å². The number of hydrogen-bond acceptors (Lipinski definition) is 3. The molecule has 0 radical (unpaired) electrons. The van der Waals surface area contributed by atoms with E-state index in [0.717, 1.165) is 15.6 Å². The van der Waals surface area contributed by atoms with Crippen LogP contribution in [0.2, 0.25) is 0 Å². The number of anilines is 1. The number of nitrogen functional groups attached to an aromatic ring is 1. The molecule has 0 bridgehead atoms. The Labute approximate surface area is 84.8 Å². The number of carboxylic acids is 1. The fourth-order valence-electron chi connectivity index (χ4n) is 1.46. The molecule has 14 heavy (non-hydrogen) atoms. The molecule has 0 atom stereocenters. The minimum Gasteiger partial charge on any atom is -0.478 e. The van der Waals surface area contributed by atoms with Crippen LogP contribution < -0.4 is 5.73 Å². The van der Waals surface area contributed by atoms with Crippen molar-refractivity contribution in [3.63, 3.8) is 0 Å². The SMILES string of the molecule is Cc1cc(C(=O)O)cc2sc(N)cc12. The Morgan fingerprint density at radius 3 is 2.79 bits per heavy atom. The van der Waals surface area contributed by atoms with Crippen molar-refractivity contribution >= 4 is 32.4 Å². The Kier molecular flexibility index (Phi) is 1.93. The Morgan fingerprint density at radius 2 is 2.14 bits per heavy atom. The predicted molar refractivity (Wildman–Crippen MR) is 57.9 cm³/mol. The summed E-state index contributed by atoms with van der Waals surface area (Å²) in [5.74, 6) is -0.901. The van der Waals surface area contributed by atoms with Gasteiger partial charge in [-0.15, -0.1) is 11.3 Å². The van der Waals surface area contributed by atoms with Gasteiger partial charge >= 0.3 is 5.97 Å². The molecule has 0 fully saturated rings. The highest BCUT2D eigenvalue weighted by atomic mass is 32.1. The van der Waals surface area contributed by atoms with Crippen molar-refractivity contribution in [1.29, 1.82) is 0 Å². The van der Waals surface area contributed by atoms with Crippen LogP contribution in [0.1, 0.15) is 15.9 Å². The van der Waals surface area contributed by atoms with E-state index < -0.39 is 5.97 Å². The summed E-state index contributed by atoms with van der Waals surface area (Å²) in [4.78, 5) is 10.8. The van der Waals surface area contributed by atoms with E-state index in [9.17, 15) is 4.79 Å². The fraction of sp³-hybridized carbons (Fsp3) is 0.100. The standard InChI is InChI=1S/C10H9NO2S/c1-5-2-6(10(12)13)3-8-7(5)4-9(11)14-8/h2-4H,11H2,1H3,(H,12,13). The van der Waals surface area contributed by atoms with Crippen LogP contribution in [0.15, 0.2) is 18.2 Å². The number of thiophene rings is 1. The van der Waals surface area contributed by atoms with Gasteiger partial charge in [-0.25, -0.2) is 4.79 Å². The topological polar surface area (TPSA) is 63.3 Å². The zero-order chi connectivity index (χ0) is 10.3. The van der Waals surface area contributed by atoms with Crippen LogP contribution in [0, 0.1) is 6.92 Å². The summed E-state index contributed by atoms with van der Waals surface area (Å²) >= 11 is 1.41. The largest absolute Gasteiger partial charge is 0.478 e. The summed E-state index contributed by atoms with van der Waals surface area (Å²) in [5.41, 5.74) is 6.92. The molecule has 3 N–H and O–H groups in total. The third kappa shape index (κ3) is 1.33. The third-order valence-electron chi connectivity index (χ3n) is 2.11. The van der Waals surface area contributed by atoms with Gasteiger partial charge < -0.3 is 10.8 Å². The molecular weight excluding hydrogens is 198 g/mol. The molecule has 2 rings (SSSR count). The van der Waals surface area contributed by atoms with Crippen LogP contribution in [-0.2, 0) is 0 Å². The molecule has 0 aliphatic carbocycles. The van der Waals surface area contributed by atoms with Crippen molar-refractivity contribution in [2.45, 2.75) is 6.92 Å². The molecule has 0 amide bonds. The molecule has 72 valence electrons. The number of rotatable bonds is 1. The Hall–Kier alpha value is -1.55. The Morgan fingerprint density at radius 1 is 1.43 bits per heavy atom. The van der Waals surface area contributed by atoms with Crippen LogP contribution in [-0.4, -0.2) is 11.1 Å². The van der Waals surface area contributed by atoms with Crippen molar-refractivity contribution in [1.82, 2.24) is 0 Å². The average Bonchev–Trinajstić information content (AvgIpc) is 2.45. The molecule has 1 aromatic heterocycles. The van der Waals surface area contributed by atoms with E-state index in [2.05, 4.69) is 0 Å². The number of aryl methyl sites for hydroxylation is 1. The number of carboxylic acid groups (broad SMARTS) is 1. The maximum atomic E-state index is 10.8. The first kappa shape index (κ1) is 9.02. The second-order valence-electron chi connectivity index (χ2n) is 3.16. The van der Waals surface area contributed by atoms with Gasteiger partial charge in [-0.1, -0.05) is 0 Å².